The van der Waals surface area contributed by atoms with Gasteiger partial charge in [-0.15, -0.1) is 0 Å². The van der Waals surface area contributed by atoms with Crippen molar-refractivity contribution < 1.29 is 0 Å². The van der Waals surface area contributed by atoms with Gasteiger partial charge < -0.3 is 0 Å². The SMILES string of the molecule is Cc1cc(C)cc(C)c1.Cc1ccc(C)cc1.Cc1cccc(C)c1.Cc1ccccc1. The van der Waals surface area contributed by atoms with Crippen LogP contribution < -0.4 is 0 Å². The van der Waals surface area contributed by atoms with Crippen LogP contribution in [-0.4, -0.2) is 0 Å². The molecule has 0 spiro atoms. The zero-order valence-electron chi connectivity index (χ0n) is 21.2. The summed E-state index contributed by atoms with van der Waals surface area (Å²) in [6, 6.07) is 33.8. The van der Waals surface area contributed by atoms with E-state index >= 15 is 0 Å². The fourth-order valence-corrected chi connectivity index (χ4v) is 3.18. The molecule has 4 rings (SSSR count). The second-order valence-electron chi connectivity index (χ2n) is 8.63. The molecular weight excluding hydrogens is 384 g/mol. The van der Waals surface area contributed by atoms with Crippen LogP contribution in [0.1, 0.15) is 44.5 Å². The average molecular weight is 425 g/mol. The summed E-state index contributed by atoms with van der Waals surface area (Å²) in [6.07, 6.45) is 0. The van der Waals surface area contributed by atoms with Crippen LogP contribution in [-0.2, 0) is 0 Å². The highest BCUT2D eigenvalue weighted by atomic mass is 13.9. The zero-order valence-corrected chi connectivity index (χ0v) is 21.2. The van der Waals surface area contributed by atoms with Crippen LogP contribution in [0.25, 0.3) is 0 Å². The fraction of sp³-hybridized carbons (Fsp3) is 0.250. The molecule has 4 aromatic carbocycles. The van der Waals surface area contributed by atoms with Gasteiger partial charge in [-0.2, -0.15) is 0 Å². The Morgan fingerprint density at radius 1 is 0.250 bits per heavy atom. The maximum Gasteiger partial charge on any atom is -0.0398 e. The van der Waals surface area contributed by atoms with E-state index in [-0.39, 0.29) is 0 Å². The van der Waals surface area contributed by atoms with E-state index in [2.05, 4.69) is 134 Å². The monoisotopic (exact) mass is 424 g/mol. The summed E-state index contributed by atoms with van der Waals surface area (Å²) >= 11 is 0. The molecule has 0 aliphatic rings. The lowest BCUT2D eigenvalue weighted by atomic mass is 10.1. The molecule has 0 atom stereocenters. The molecule has 0 fully saturated rings. The topological polar surface area (TPSA) is 0 Å². The number of aryl methyl sites for hydroxylation is 8. The van der Waals surface area contributed by atoms with Crippen molar-refractivity contribution in [3.63, 3.8) is 0 Å². The van der Waals surface area contributed by atoms with Crippen molar-refractivity contribution in [1.29, 1.82) is 0 Å². The third-order valence-corrected chi connectivity index (χ3v) is 4.70. The van der Waals surface area contributed by atoms with E-state index in [1.807, 2.05) is 18.2 Å². The quantitative estimate of drug-likeness (QED) is 0.264. The van der Waals surface area contributed by atoms with Gasteiger partial charge in [0, 0.05) is 0 Å². The minimum Gasteiger partial charge on any atom is -0.0622 e. The zero-order chi connectivity index (χ0) is 23.9. The highest BCUT2D eigenvalue weighted by Crippen LogP contribution is 2.06. The van der Waals surface area contributed by atoms with Crippen molar-refractivity contribution in [1.82, 2.24) is 0 Å². The van der Waals surface area contributed by atoms with Crippen LogP contribution in [0.2, 0.25) is 0 Å². The lowest BCUT2D eigenvalue weighted by molar-refractivity contribution is 1.32. The lowest BCUT2D eigenvalue weighted by Crippen LogP contribution is -1.78. The maximum atomic E-state index is 2.19. The first-order valence-corrected chi connectivity index (χ1v) is 11.3. The van der Waals surface area contributed by atoms with E-state index in [1.165, 1.54) is 44.5 Å². The Labute approximate surface area is 197 Å². The molecule has 0 heteroatoms. The van der Waals surface area contributed by atoms with Crippen LogP contribution in [0.4, 0.5) is 0 Å². The molecule has 32 heavy (non-hydrogen) atoms. The average Bonchev–Trinajstić information content (AvgIpc) is 2.71. The van der Waals surface area contributed by atoms with Crippen molar-refractivity contribution in [2.24, 2.45) is 0 Å². The third-order valence-electron chi connectivity index (χ3n) is 4.70. The van der Waals surface area contributed by atoms with Gasteiger partial charge in [-0.3, -0.25) is 0 Å². The number of rotatable bonds is 0. The molecule has 0 radical (unpaired) electrons. The van der Waals surface area contributed by atoms with E-state index in [0.29, 0.717) is 0 Å². The Morgan fingerprint density at radius 2 is 0.531 bits per heavy atom. The van der Waals surface area contributed by atoms with Gasteiger partial charge >= 0.3 is 0 Å². The summed E-state index contributed by atoms with van der Waals surface area (Å²) in [6.45, 7) is 16.9. The molecule has 0 saturated heterocycles. The van der Waals surface area contributed by atoms with E-state index in [0.717, 1.165) is 0 Å². The largest absolute Gasteiger partial charge is 0.0622 e. The molecule has 0 nitrogen and oxygen atoms in total. The van der Waals surface area contributed by atoms with Crippen molar-refractivity contribution in [2.75, 3.05) is 0 Å². The Kier molecular flexibility index (Phi) is 12.5. The number of benzene rings is 4. The summed E-state index contributed by atoms with van der Waals surface area (Å²) in [7, 11) is 0. The van der Waals surface area contributed by atoms with E-state index in [1.54, 1.807) is 0 Å². The normalized spacial score (nSPS) is 9.25. The van der Waals surface area contributed by atoms with Gasteiger partial charge in [0.2, 0.25) is 0 Å². The Balaban J connectivity index is 0.000000214. The van der Waals surface area contributed by atoms with Crippen LogP contribution >= 0.6 is 0 Å². The summed E-state index contributed by atoms with van der Waals surface area (Å²) in [5, 5.41) is 0. The summed E-state index contributed by atoms with van der Waals surface area (Å²) in [5.74, 6) is 0. The van der Waals surface area contributed by atoms with Gasteiger partial charge in [-0.05, 0) is 55.4 Å². The molecule has 0 aliphatic carbocycles. The van der Waals surface area contributed by atoms with Crippen molar-refractivity contribution in [3.05, 3.63) is 142 Å². The number of hydrogen-bond acceptors (Lipinski definition) is 0. The molecule has 0 bridgehead atoms. The lowest BCUT2D eigenvalue weighted by Gasteiger charge is -1.96. The highest BCUT2D eigenvalue weighted by Gasteiger charge is 1.87. The van der Waals surface area contributed by atoms with Crippen LogP contribution in [0.15, 0.2) is 97.1 Å². The van der Waals surface area contributed by atoms with Crippen molar-refractivity contribution >= 4 is 0 Å². The van der Waals surface area contributed by atoms with Gasteiger partial charge in [0.1, 0.15) is 0 Å². The van der Waals surface area contributed by atoms with Crippen molar-refractivity contribution in [2.45, 2.75) is 55.4 Å². The van der Waals surface area contributed by atoms with Crippen LogP contribution in [0.3, 0.4) is 0 Å². The molecule has 0 heterocycles. The highest BCUT2D eigenvalue weighted by molar-refractivity contribution is 5.27. The molecular formula is C32H40. The first-order chi connectivity index (χ1) is 15.2. The number of hydrogen-bond donors (Lipinski definition) is 0. The van der Waals surface area contributed by atoms with Gasteiger partial charge in [-0.25, -0.2) is 0 Å². The Morgan fingerprint density at radius 3 is 0.781 bits per heavy atom. The predicted octanol–water partition coefficient (Wildman–Crippen LogP) is 9.21. The van der Waals surface area contributed by atoms with Gasteiger partial charge in [0.25, 0.3) is 0 Å². The first kappa shape index (κ1) is 26.9. The molecule has 168 valence electrons. The Hall–Kier alpha value is -3.12. The second kappa shape index (κ2) is 14.8. The predicted molar refractivity (Wildman–Crippen MR) is 144 cm³/mol. The molecule has 0 amide bonds. The molecule has 4 aromatic rings. The second-order valence-corrected chi connectivity index (χ2v) is 8.63. The summed E-state index contributed by atoms with van der Waals surface area (Å²) < 4.78 is 0. The standard InChI is InChI=1S/C9H12.2C8H10.C7H8/c1-7-4-8(2)6-9(3)5-7;1-7-3-5-8(2)6-4-7;1-7-4-3-5-8(2)6-7;1-7-5-3-2-4-6-7/h4-6H,1-3H3;2*3-6H,1-2H3;2-6H,1H3. The van der Waals surface area contributed by atoms with E-state index in [9.17, 15) is 0 Å². The smallest absolute Gasteiger partial charge is 0.0398 e. The first-order valence-electron chi connectivity index (χ1n) is 11.3. The molecule has 0 saturated carbocycles. The van der Waals surface area contributed by atoms with E-state index in [4.69, 9.17) is 0 Å². The molecule has 0 N–H and O–H groups in total. The summed E-state index contributed by atoms with van der Waals surface area (Å²) in [4.78, 5) is 0. The van der Waals surface area contributed by atoms with Gasteiger partial charge in [0.05, 0.1) is 0 Å². The van der Waals surface area contributed by atoms with Gasteiger partial charge in [-0.1, -0.05) is 142 Å². The Bertz CT molecular complexity index is 936. The summed E-state index contributed by atoms with van der Waals surface area (Å²) in [5.41, 5.74) is 10.7. The fourth-order valence-electron chi connectivity index (χ4n) is 3.18. The molecule has 0 aromatic heterocycles. The van der Waals surface area contributed by atoms with Crippen LogP contribution in [0.5, 0.6) is 0 Å². The van der Waals surface area contributed by atoms with Gasteiger partial charge in [0.15, 0.2) is 0 Å². The minimum atomic E-state index is 1.32. The van der Waals surface area contributed by atoms with E-state index < -0.39 is 0 Å². The van der Waals surface area contributed by atoms with Crippen LogP contribution in [0, 0.1) is 55.4 Å². The molecule has 0 aliphatic heterocycles. The molecule has 0 unspecified atom stereocenters. The third kappa shape index (κ3) is 13.2. The van der Waals surface area contributed by atoms with Crippen molar-refractivity contribution in [3.8, 4) is 0 Å². The maximum absolute atomic E-state index is 2.19. The minimum absolute atomic E-state index is 1.32.